The van der Waals surface area contributed by atoms with E-state index in [1.807, 2.05) is 10.6 Å². The summed E-state index contributed by atoms with van der Waals surface area (Å²) in [4.78, 5) is 8.28. The average molecular weight is 246 g/mol. The molecule has 17 heavy (non-hydrogen) atoms. The van der Waals surface area contributed by atoms with Gasteiger partial charge in [-0.05, 0) is 18.2 Å². The first kappa shape index (κ1) is 10.1. The van der Waals surface area contributed by atoms with Crippen molar-refractivity contribution in [3.05, 3.63) is 48.0 Å². The quantitative estimate of drug-likeness (QED) is 0.717. The molecular weight excluding hydrogens is 238 g/mol. The molecule has 0 unspecified atom stereocenters. The van der Waals surface area contributed by atoms with Crippen LogP contribution in [0.15, 0.2) is 43.0 Å². The fourth-order valence-electron chi connectivity index (χ4n) is 1.76. The van der Waals surface area contributed by atoms with Crippen molar-refractivity contribution in [3.8, 4) is 17.0 Å². The molecule has 0 aliphatic rings. The molecule has 0 aliphatic carbocycles. The fourth-order valence-corrected chi connectivity index (χ4v) is 2.03. The molecular formula is C12H8ClN3O. The lowest BCUT2D eigenvalue weighted by molar-refractivity contribution is 0.475. The first-order valence-electron chi connectivity index (χ1n) is 5.01. The van der Waals surface area contributed by atoms with E-state index in [2.05, 4.69) is 9.97 Å². The summed E-state index contributed by atoms with van der Waals surface area (Å²) in [7, 11) is 0. The third-order valence-electron chi connectivity index (χ3n) is 2.54. The van der Waals surface area contributed by atoms with Crippen LogP contribution in [0.25, 0.3) is 16.9 Å². The highest BCUT2D eigenvalue weighted by Gasteiger charge is 2.08. The monoisotopic (exact) mass is 245 g/mol. The molecule has 5 heteroatoms. The first-order valence-corrected chi connectivity index (χ1v) is 5.39. The predicted molar refractivity (Wildman–Crippen MR) is 65.1 cm³/mol. The van der Waals surface area contributed by atoms with E-state index in [9.17, 15) is 5.11 Å². The highest BCUT2D eigenvalue weighted by atomic mass is 35.5. The maximum atomic E-state index is 9.34. The van der Waals surface area contributed by atoms with E-state index in [4.69, 9.17) is 11.6 Å². The van der Waals surface area contributed by atoms with Gasteiger partial charge in [-0.1, -0.05) is 11.6 Å². The van der Waals surface area contributed by atoms with Crippen molar-refractivity contribution in [2.24, 2.45) is 0 Å². The summed E-state index contributed by atoms with van der Waals surface area (Å²) in [6.07, 6.45) is 6.94. The number of rotatable bonds is 1. The van der Waals surface area contributed by atoms with Crippen molar-refractivity contribution < 1.29 is 5.11 Å². The highest BCUT2D eigenvalue weighted by molar-refractivity contribution is 6.33. The molecule has 0 bridgehead atoms. The number of halogens is 1. The van der Waals surface area contributed by atoms with E-state index < -0.39 is 0 Å². The van der Waals surface area contributed by atoms with E-state index in [1.54, 1.807) is 30.7 Å². The number of benzene rings is 1. The highest BCUT2D eigenvalue weighted by Crippen LogP contribution is 2.30. The molecule has 0 radical (unpaired) electrons. The number of fused-ring (bicyclic) bond motifs is 1. The van der Waals surface area contributed by atoms with Crippen LogP contribution < -0.4 is 0 Å². The molecule has 2 aromatic heterocycles. The number of hydrogen-bond donors (Lipinski definition) is 1. The fraction of sp³-hybridized carbons (Fsp3) is 0. The van der Waals surface area contributed by atoms with Crippen molar-refractivity contribution in [2.75, 3.05) is 0 Å². The van der Waals surface area contributed by atoms with Crippen molar-refractivity contribution in [1.29, 1.82) is 0 Å². The number of nitrogens with zero attached hydrogens (tertiary/aromatic N) is 3. The average Bonchev–Trinajstić information content (AvgIpc) is 2.77. The maximum Gasteiger partial charge on any atom is 0.155 e. The Bertz CT molecular complexity index is 693. The van der Waals surface area contributed by atoms with Gasteiger partial charge in [0.15, 0.2) is 5.65 Å². The molecule has 0 fully saturated rings. The van der Waals surface area contributed by atoms with Crippen molar-refractivity contribution >= 4 is 17.2 Å². The Morgan fingerprint density at radius 1 is 1.24 bits per heavy atom. The lowest BCUT2D eigenvalue weighted by Gasteiger charge is -2.07. The second-order valence-corrected chi connectivity index (χ2v) is 4.02. The Labute approximate surface area is 102 Å². The minimum atomic E-state index is 0.143. The molecule has 0 saturated carbocycles. The van der Waals surface area contributed by atoms with E-state index in [0.29, 0.717) is 5.02 Å². The molecule has 2 heterocycles. The van der Waals surface area contributed by atoms with Crippen molar-refractivity contribution in [3.63, 3.8) is 0 Å². The number of aromatic nitrogens is 3. The second kappa shape index (κ2) is 3.75. The van der Waals surface area contributed by atoms with Gasteiger partial charge in [0.05, 0.1) is 23.1 Å². The number of imidazole rings is 1. The molecule has 0 atom stereocenters. The van der Waals surface area contributed by atoms with Crippen LogP contribution in [0.1, 0.15) is 0 Å². The molecule has 3 aromatic rings. The minimum Gasteiger partial charge on any atom is -0.508 e. The molecule has 0 aliphatic heterocycles. The lowest BCUT2D eigenvalue weighted by atomic mass is 10.1. The van der Waals surface area contributed by atoms with Gasteiger partial charge in [-0.15, -0.1) is 0 Å². The van der Waals surface area contributed by atoms with Gasteiger partial charge in [-0.25, -0.2) is 4.98 Å². The zero-order valence-electron chi connectivity index (χ0n) is 8.71. The van der Waals surface area contributed by atoms with Gasteiger partial charge in [0.25, 0.3) is 0 Å². The third kappa shape index (κ3) is 1.62. The van der Waals surface area contributed by atoms with E-state index >= 15 is 0 Å². The Morgan fingerprint density at radius 3 is 2.94 bits per heavy atom. The SMILES string of the molecule is Oc1ccc(-c2cncc3nccn23)c(Cl)c1. The summed E-state index contributed by atoms with van der Waals surface area (Å²) in [6, 6.07) is 4.86. The largest absolute Gasteiger partial charge is 0.508 e. The normalized spacial score (nSPS) is 10.9. The zero-order chi connectivity index (χ0) is 11.8. The predicted octanol–water partition coefficient (Wildman–Crippen LogP) is 2.76. The van der Waals surface area contributed by atoms with E-state index in [0.717, 1.165) is 16.9 Å². The Balaban J connectivity index is 2.30. The van der Waals surface area contributed by atoms with Crippen LogP contribution in [-0.2, 0) is 0 Å². The van der Waals surface area contributed by atoms with Crippen LogP contribution in [0.5, 0.6) is 5.75 Å². The summed E-state index contributed by atoms with van der Waals surface area (Å²) in [5.41, 5.74) is 2.40. The van der Waals surface area contributed by atoms with Crippen LogP contribution in [-0.4, -0.2) is 19.5 Å². The van der Waals surface area contributed by atoms with Crippen LogP contribution in [0.4, 0.5) is 0 Å². The van der Waals surface area contributed by atoms with E-state index in [-0.39, 0.29) is 5.75 Å². The first-order chi connectivity index (χ1) is 8.25. The van der Waals surface area contributed by atoms with Gasteiger partial charge in [0, 0.05) is 18.0 Å². The van der Waals surface area contributed by atoms with Crippen molar-refractivity contribution in [1.82, 2.24) is 14.4 Å². The van der Waals surface area contributed by atoms with Gasteiger partial charge in [0.1, 0.15) is 5.75 Å². The second-order valence-electron chi connectivity index (χ2n) is 3.61. The lowest BCUT2D eigenvalue weighted by Crippen LogP contribution is -1.92. The number of phenolic OH excluding ortho intramolecular Hbond substituents is 1. The Hall–Kier alpha value is -2.07. The van der Waals surface area contributed by atoms with Crippen LogP contribution in [0.3, 0.4) is 0 Å². The van der Waals surface area contributed by atoms with Gasteiger partial charge in [-0.3, -0.25) is 9.38 Å². The van der Waals surface area contributed by atoms with Gasteiger partial charge >= 0.3 is 0 Å². The molecule has 0 saturated heterocycles. The maximum absolute atomic E-state index is 9.34. The molecule has 4 nitrogen and oxygen atoms in total. The standard InChI is InChI=1S/C12H8ClN3O/c13-10-5-8(17)1-2-9(10)11-6-14-7-12-15-3-4-16(11)12/h1-7,17H. The van der Waals surface area contributed by atoms with Crippen LogP contribution in [0.2, 0.25) is 5.02 Å². The molecule has 0 spiro atoms. The number of phenols is 1. The summed E-state index contributed by atoms with van der Waals surface area (Å²) in [6.45, 7) is 0. The molecule has 1 aromatic carbocycles. The molecule has 84 valence electrons. The van der Waals surface area contributed by atoms with Crippen LogP contribution in [0, 0.1) is 0 Å². The van der Waals surface area contributed by atoms with Crippen molar-refractivity contribution in [2.45, 2.75) is 0 Å². The Morgan fingerprint density at radius 2 is 2.12 bits per heavy atom. The van der Waals surface area contributed by atoms with Gasteiger partial charge in [-0.2, -0.15) is 0 Å². The smallest absolute Gasteiger partial charge is 0.155 e. The van der Waals surface area contributed by atoms with Gasteiger partial charge < -0.3 is 5.11 Å². The zero-order valence-corrected chi connectivity index (χ0v) is 9.46. The molecule has 3 rings (SSSR count). The molecule has 1 N–H and O–H groups in total. The number of hydrogen-bond acceptors (Lipinski definition) is 3. The third-order valence-corrected chi connectivity index (χ3v) is 2.86. The van der Waals surface area contributed by atoms with E-state index in [1.165, 1.54) is 6.07 Å². The van der Waals surface area contributed by atoms with Gasteiger partial charge in [0.2, 0.25) is 0 Å². The number of aromatic hydroxyl groups is 1. The minimum absolute atomic E-state index is 0.143. The topological polar surface area (TPSA) is 50.4 Å². The summed E-state index contributed by atoms with van der Waals surface area (Å²) < 4.78 is 1.89. The summed E-state index contributed by atoms with van der Waals surface area (Å²) >= 11 is 6.11. The molecule has 0 amide bonds. The summed E-state index contributed by atoms with van der Waals surface area (Å²) in [5, 5.41) is 9.82. The van der Waals surface area contributed by atoms with Crippen LogP contribution >= 0.6 is 11.6 Å². The summed E-state index contributed by atoms with van der Waals surface area (Å²) in [5.74, 6) is 0.143. The Kier molecular flexibility index (Phi) is 2.23.